The molecule has 3 aromatic rings. The van der Waals surface area contributed by atoms with Crippen LogP contribution in [0.2, 0.25) is 5.02 Å². The molecule has 0 spiro atoms. The minimum atomic E-state index is -0.432. The van der Waals surface area contributed by atoms with Gasteiger partial charge in [-0.3, -0.25) is 15.6 Å². The molecule has 0 unspecified atom stereocenters. The van der Waals surface area contributed by atoms with E-state index < -0.39 is 5.91 Å². The maximum Gasteiger partial charge on any atom is 0.305 e. The van der Waals surface area contributed by atoms with E-state index in [0.29, 0.717) is 10.8 Å². The Morgan fingerprint density at radius 2 is 1.65 bits per heavy atom. The van der Waals surface area contributed by atoms with Gasteiger partial charge in [0.2, 0.25) is 0 Å². The second kappa shape index (κ2) is 8.03. The van der Waals surface area contributed by atoms with Gasteiger partial charge in [-0.25, -0.2) is 0 Å². The first-order valence-corrected chi connectivity index (χ1v) is 8.60. The monoisotopic (exact) mass is 385 g/mol. The van der Waals surface area contributed by atoms with E-state index in [1.54, 1.807) is 24.3 Å². The molecule has 5 nitrogen and oxygen atoms in total. The summed E-state index contributed by atoms with van der Waals surface area (Å²) in [4.78, 5) is 12.2. The summed E-state index contributed by atoms with van der Waals surface area (Å²) in [6.45, 7) is 2.00. The van der Waals surface area contributed by atoms with Gasteiger partial charge in [0, 0.05) is 16.3 Å². The van der Waals surface area contributed by atoms with Crippen molar-refractivity contribution < 1.29 is 9.21 Å². The van der Waals surface area contributed by atoms with Gasteiger partial charge in [-0.15, -0.1) is 0 Å². The average Bonchev–Trinajstić information content (AvgIpc) is 3.12. The van der Waals surface area contributed by atoms with Gasteiger partial charge in [0.1, 0.15) is 5.76 Å². The summed E-state index contributed by atoms with van der Waals surface area (Å²) in [6, 6.07) is 18.2. The van der Waals surface area contributed by atoms with E-state index in [1.807, 2.05) is 43.3 Å². The second-order valence-electron chi connectivity index (χ2n) is 5.57. The lowest BCUT2D eigenvalue weighted by Gasteiger charge is -2.11. The standard InChI is InChI=1S/C19H16ClN3O2S/c1-12-2-8-15(9-3-12)21-19(26)23-22-18(24)17-11-10-16(25-17)13-4-6-14(20)7-5-13/h2-11H,1H3,(H,22,24)(H2,21,23,26). The van der Waals surface area contributed by atoms with Gasteiger partial charge in [-0.05, 0) is 67.7 Å². The van der Waals surface area contributed by atoms with Crippen LogP contribution in [0.25, 0.3) is 11.3 Å². The summed E-state index contributed by atoms with van der Waals surface area (Å²) >= 11 is 11.0. The van der Waals surface area contributed by atoms with E-state index in [0.717, 1.165) is 16.8 Å². The van der Waals surface area contributed by atoms with Crippen LogP contribution in [0.1, 0.15) is 16.1 Å². The van der Waals surface area contributed by atoms with Crippen molar-refractivity contribution in [2.24, 2.45) is 0 Å². The highest BCUT2D eigenvalue weighted by Crippen LogP contribution is 2.23. The lowest BCUT2D eigenvalue weighted by atomic mass is 10.2. The Morgan fingerprint density at radius 1 is 0.962 bits per heavy atom. The van der Waals surface area contributed by atoms with Crippen LogP contribution in [0.15, 0.2) is 65.1 Å². The third kappa shape index (κ3) is 4.62. The zero-order chi connectivity index (χ0) is 18.5. The van der Waals surface area contributed by atoms with Crippen LogP contribution in [-0.4, -0.2) is 11.0 Å². The quantitative estimate of drug-likeness (QED) is 0.456. The van der Waals surface area contributed by atoms with Crippen LogP contribution in [0.3, 0.4) is 0 Å². The summed E-state index contributed by atoms with van der Waals surface area (Å²) in [6.07, 6.45) is 0. The first-order chi connectivity index (χ1) is 12.5. The number of carbonyl (C=O) groups excluding carboxylic acids is 1. The Labute approximate surface area is 161 Å². The zero-order valence-electron chi connectivity index (χ0n) is 13.9. The molecule has 0 aliphatic rings. The van der Waals surface area contributed by atoms with Crippen molar-refractivity contribution in [1.82, 2.24) is 10.9 Å². The van der Waals surface area contributed by atoms with Gasteiger partial charge in [-0.1, -0.05) is 29.3 Å². The predicted molar refractivity (Wildman–Crippen MR) is 107 cm³/mol. The molecule has 1 amide bonds. The molecule has 0 saturated carbocycles. The molecule has 26 heavy (non-hydrogen) atoms. The zero-order valence-corrected chi connectivity index (χ0v) is 15.4. The van der Waals surface area contributed by atoms with Crippen molar-refractivity contribution in [3.63, 3.8) is 0 Å². The number of furan rings is 1. The molecule has 0 bridgehead atoms. The van der Waals surface area contributed by atoms with Crippen LogP contribution in [0.5, 0.6) is 0 Å². The molecule has 132 valence electrons. The van der Waals surface area contributed by atoms with Crippen molar-refractivity contribution in [1.29, 1.82) is 0 Å². The molecule has 0 radical (unpaired) electrons. The summed E-state index contributed by atoms with van der Waals surface area (Å²) in [5.41, 5.74) is 7.95. The maximum atomic E-state index is 12.2. The number of benzene rings is 2. The number of halogens is 1. The Kier molecular flexibility index (Phi) is 5.55. The molecule has 7 heteroatoms. The molecule has 1 aromatic heterocycles. The first kappa shape index (κ1) is 18.0. The van der Waals surface area contributed by atoms with E-state index in [2.05, 4.69) is 16.2 Å². The number of aryl methyl sites for hydroxylation is 1. The molecule has 0 atom stereocenters. The number of amides is 1. The minimum absolute atomic E-state index is 0.167. The molecule has 1 heterocycles. The van der Waals surface area contributed by atoms with Crippen molar-refractivity contribution >= 4 is 40.5 Å². The molecular formula is C19H16ClN3O2S. The number of thiocarbonyl (C=S) groups is 1. The summed E-state index contributed by atoms with van der Waals surface area (Å²) in [5, 5.41) is 3.88. The number of hydrogen-bond donors (Lipinski definition) is 3. The van der Waals surface area contributed by atoms with Gasteiger partial charge in [0.15, 0.2) is 10.9 Å². The van der Waals surface area contributed by atoms with Crippen molar-refractivity contribution in [3.8, 4) is 11.3 Å². The fourth-order valence-corrected chi connectivity index (χ4v) is 2.50. The van der Waals surface area contributed by atoms with Gasteiger partial charge in [0.05, 0.1) is 0 Å². The van der Waals surface area contributed by atoms with E-state index in [-0.39, 0.29) is 10.9 Å². The van der Waals surface area contributed by atoms with Crippen LogP contribution in [-0.2, 0) is 0 Å². The topological polar surface area (TPSA) is 66.3 Å². The Bertz CT molecular complexity index is 921. The molecule has 2 aromatic carbocycles. The van der Waals surface area contributed by atoms with Crippen molar-refractivity contribution in [2.75, 3.05) is 5.32 Å². The van der Waals surface area contributed by atoms with Gasteiger partial charge in [-0.2, -0.15) is 0 Å². The lowest BCUT2D eigenvalue weighted by molar-refractivity contribution is 0.0917. The number of hydrazine groups is 1. The fourth-order valence-electron chi connectivity index (χ4n) is 2.20. The van der Waals surface area contributed by atoms with E-state index in [4.69, 9.17) is 28.2 Å². The highest BCUT2D eigenvalue weighted by Gasteiger charge is 2.12. The predicted octanol–water partition coefficient (Wildman–Crippen LogP) is 4.54. The highest BCUT2D eigenvalue weighted by atomic mass is 35.5. The largest absolute Gasteiger partial charge is 0.451 e. The van der Waals surface area contributed by atoms with Crippen LogP contribution in [0, 0.1) is 6.92 Å². The molecule has 0 aliphatic carbocycles. The van der Waals surface area contributed by atoms with E-state index in [9.17, 15) is 4.79 Å². The summed E-state index contributed by atoms with van der Waals surface area (Å²) < 4.78 is 5.58. The minimum Gasteiger partial charge on any atom is -0.451 e. The highest BCUT2D eigenvalue weighted by molar-refractivity contribution is 7.80. The first-order valence-electron chi connectivity index (χ1n) is 7.81. The number of anilines is 1. The summed E-state index contributed by atoms with van der Waals surface area (Å²) in [7, 11) is 0. The molecular weight excluding hydrogens is 370 g/mol. The number of hydrogen-bond acceptors (Lipinski definition) is 3. The van der Waals surface area contributed by atoms with E-state index in [1.165, 1.54) is 0 Å². The van der Waals surface area contributed by atoms with Crippen molar-refractivity contribution in [2.45, 2.75) is 6.92 Å². The SMILES string of the molecule is Cc1ccc(NC(=S)NNC(=O)c2ccc(-c3ccc(Cl)cc3)o2)cc1. The molecule has 0 fully saturated rings. The Morgan fingerprint density at radius 3 is 2.35 bits per heavy atom. The van der Waals surface area contributed by atoms with Crippen molar-refractivity contribution in [3.05, 3.63) is 77.0 Å². The Balaban J connectivity index is 1.55. The van der Waals surface area contributed by atoms with Gasteiger partial charge < -0.3 is 9.73 Å². The van der Waals surface area contributed by atoms with Crippen LogP contribution in [0.4, 0.5) is 5.69 Å². The summed E-state index contributed by atoms with van der Waals surface area (Å²) in [5.74, 6) is 0.311. The maximum absolute atomic E-state index is 12.2. The average molecular weight is 386 g/mol. The third-order valence-electron chi connectivity index (χ3n) is 3.56. The number of rotatable bonds is 3. The van der Waals surface area contributed by atoms with E-state index >= 15 is 0 Å². The lowest BCUT2D eigenvalue weighted by Crippen LogP contribution is -2.43. The Hall–Kier alpha value is -2.83. The molecule has 0 aliphatic heterocycles. The normalized spacial score (nSPS) is 10.2. The van der Waals surface area contributed by atoms with Crippen LogP contribution >= 0.6 is 23.8 Å². The number of carbonyl (C=O) groups is 1. The second-order valence-corrected chi connectivity index (χ2v) is 6.41. The molecule has 3 rings (SSSR count). The van der Waals surface area contributed by atoms with Gasteiger partial charge >= 0.3 is 5.91 Å². The molecule has 0 saturated heterocycles. The smallest absolute Gasteiger partial charge is 0.305 e. The number of nitrogens with one attached hydrogen (secondary N) is 3. The fraction of sp³-hybridized carbons (Fsp3) is 0.0526. The van der Waals surface area contributed by atoms with Gasteiger partial charge in [0.25, 0.3) is 0 Å². The third-order valence-corrected chi connectivity index (χ3v) is 4.01. The molecule has 3 N–H and O–H groups in total. The van der Waals surface area contributed by atoms with Crippen LogP contribution < -0.4 is 16.2 Å².